The molecule has 1 aromatic heterocycles. The van der Waals surface area contributed by atoms with Crippen molar-refractivity contribution in [2.45, 2.75) is 32.1 Å². The van der Waals surface area contributed by atoms with Crippen LogP contribution in [0, 0.1) is 0 Å². The number of hydrogen-bond donors (Lipinski definition) is 2. The van der Waals surface area contributed by atoms with Crippen LogP contribution in [0.1, 0.15) is 36.1 Å². The van der Waals surface area contributed by atoms with Crippen molar-refractivity contribution in [3.8, 4) is 0 Å². The molecule has 19 heavy (non-hydrogen) atoms. The van der Waals surface area contributed by atoms with Crippen LogP contribution in [0.15, 0.2) is 24.3 Å². The zero-order valence-electron chi connectivity index (χ0n) is 11.6. The zero-order chi connectivity index (χ0) is 13.1. The summed E-state index contributed by atoms with van der Waals surface area (Å²) in [5.74, 6) is 0. The highest BCUT2D eigenvalue weighted by atomic mass is 14.8. The number of fused-ring (bicyclic) bond motifs is 3. The summed E-state index contributed by atoms with van der Waals surface area (Å²) in [5.41, 5.74) is 5.65. The van der Waals surface area contributed by atoms with E-state index in [9.17, 15) is 0 Å². The topological polar surface area (TPSA) is 27.8 Å². The molecule has 2 N–H and O–H groups in total. The lowest BCUT2D eigenvalue weighted by Crippen LogP contribution is -2.05. The van der Waals surface area contributed by atoms with Crippen molar-refractivity contribution in [3.05, 3.63) is 41.1 Å². The monoisotopic (exact) mass is 254 g/mol. The maximum absolute atomic E-state index is 3.59. The largest absolute Gasteiger partial charge is 0.358 e. The second-order valence-corrected chi connectivity index (χ2v) is 5.39. The van der Waals surface area contributed by atoms with E-state index in [2.05, 4.69) is 40.7 Å². The Kier molecular flexibility index (Phi) is 3.69. The Morgan fingerprint density at radius 3 is 3.05 bits per heavy atom. The van der Waals surface area contributed by atoms with E-state index in [-0.39, 0.29) is 0 Å². The van der Waals surface area contributed by atoms with Gasteiger partial charge in [0.25, 0.3) is 0 Å². The molecule has 0 amide bonds. The van der Waals surface area contributed by atoms with Crippen LogP contribution in [-0.4, -0.2) is 18.6 Å². The molecule has 1 aliphatic rings. The van der Waals surface area contributed by atoms with E-state index in [1.807, 2.05) is 7.05 Å². The first kappa shape index (κ1) is 12.5. The molecule has 2 aromatic rings. The highest BCUT2D eigenvalue weighted by molar-refractivity contribution is 5.87. The minimum absolute atomic E-state index is 1.04. The number of H-pyrrole nitrogens is 1. The third-order valence-corrected chi connectivity index (χ3v) is 3.99. The van der Waals surface area contributed by atoms with E-state index in [1.54, 1.807) is 5.56 Å². The summed E-state index contributed by atoms with van der Waals surface area (Å²) in [6.07, 6.45) is 10.7. The first-order valence-corrected chi connectivity index (χ1v) is 7.33. The van der Waals surface area contributed by atoms with Crippen molar-refractivity contribution >= 4 is 17.0 Å². The van der Waals surface area contributed by atoms with Gasteiger partial charge in [0.15, 0.2) is 0 Å². The molecule has 100 valence electrons. The molecule has 0 spiro atoms. The molecule has 0 unspecified atom stereocenters. The number of benzene rings is 1. The fourth-order valence-corrected chi connectivity index (χ4v) is 2.97. The number of aromatic amines is 1. The van der Waals surface area contributed by atoms with Crippen LogP contribution >= 0.6 is 0 Å². The predicted octanol–water partition coefficient (Wildman–Crippen LogP) is 3.67. The van der Waals surface area contributed by atoms with Crippen LogP contribution in [0.4, 0.5) is 0 Å². The molecule has 0 saturated heterocycles. The third-order valence-electron chi connectivity index (χ3n) is 3.99. The van der Waals surface area contributed by atoms with E-state index in [4.69, 9.17) is 0 Å². The highest BCUT2D eigenvalue weighted by Crippen LogP contribution is 2.29. The van der Waals surface area contributed by atoms with Gasteiger partial charge in [-0.1, -0.05) is 18.2 Å². The van der Waals surface area contributed by atoms with Gasteiger partial charge in [0.2, 0.25) is 0 Å². The van der Waals surface area contributed by atoms with Gasteiger partial charge >= 0.3 is 0 Å². The number of rotatable bonds is 4. The predicted molar refractivity (Wildman–Crippen MR) is 82.5 cm³/mol. The fraction of sp³-hybridized carbons (Fsp3) is 0.412. The maximum atomic E-state index is 3.59. The summed E-state index contributed by atoms with van der Waals surface area (Å²) >= 11 is 0. The lowest BCUT2D eigenvalue weighted by Gasteiger charge is -2.10. The second-order valence-electron chi connectivity index (χ2n) is 5.39. The van der Waals surface area contributed by atoms with Crippen LogP contribution in [-0.2, 0) is 12.8 Å². The molecule has 0 bridgehead atoms. The summed E-state index contributed by atoms with van der Waals surface area (Å²) in [7, 11) is 1.99. The van der Waals surface area contributed by atoms with E-state index < -0.39 is 0 Å². The molecule has 0 radical (unpaired) electrons. The Morgan fingerprint density at radius 1 is 1.26 bits per heavy atom. The molecular formula is C17H22N2. The SMILES string of the molecule is CNCCC=Cc1ccc2[nH]c3c(c2c1)CCCC3. The maximum Gasteiger partial charge on any atom is 0.0459 e. The summed E-state index contributed by atoms with van der Waals surface area (Å²) in [6.45, 7) is 1.04. The van der Waals surface area contributed by atoms with Gasteiger partial charge in [0, 0.05) is 16.6 Å². The third kappa shape index (κ3) is 2.59. The normalized spacial score (nSPS) is 15.2. The first-order chi connectivity index (χ1) is 9.38. The van der Waals surface area contributed by atoms with Crippen molar-refractivity contribution < 1.29 is 0 Å². The lowest BCUT2D eigenvalue weighted by atomic mass is 9.95. The fourth-order valence-electron chi connectivity index (χ4n) is 2.97. The molecule has 0 saturated carbocycles. The van der Waals surface area contributed by atoms with Crippen LogP contribution < -0.4 is 5.32 Å². The molecule has 0 atom stereocenters. The number of hydrogen-bond acceptors (Lipinski definition) is 1. The average molecular weight is 254 g/mol. The van der Waals surface area contributed by atoms with E-state index in [1.165, 1.54) is 47.8 Å². The summed E-state index contributed by atoms with van der Waals surface area (Å²) in [5, 5.41) is 4.60. The van der Waals surface area contributed by atoms with Gasteiger partial charge in [0.05, 0.1) is 0 Å². The Morgan fingerprint density at radius 2 is 2.16 bits per heavy atom. The lowest BCUT2D eigenvalue weighted by molar-refractivity contribution is 0.680. The van der Waals surface area contributed by atoms with Crippen molar-refractivity contribution in [3.63, 3.8) is 0 Å². The van der Waals surface area contributed by atoms with Gasteiger partial charge < -0.3 is 10.3 Å². The van der Waals surface area contributed by atoms with E-state index >= 15 is 0 Å². The summed E-state index contributed by atoms with van der Waals surface area (Å²) < 4.78 is 0. The van der Waals surface area contributed by atoms with Crippen LogP contribution in [0.2, 0.25) is 0 Å². The van der Waals surface area contributed by atoms with Crippen molar-refractivity contribution in [1.29, 1.82) is 0 Å². The molecule has 0 aliphatic heterocycles. The van der Waals surface area contributed by atoms with Crippen molar-refractivity contribution in [1.82, 2.24) is 10.3 Å². The second kappa shape index (κ2) is 5.62. The van der Waals surface area contributed by atoms with Crippen LogP contribution in [0.5, 0.6) is 0 Å². The Labute approximate surface area is 114 Å². The summed E-state index contributed by atoms with van der Waals surface area (Å²) in [6, 6.07) is 6.78. The number of aromatic nitrogens is 1. The molecule has 2 nitrogen and oxygen atoms in total. The highest BCUT2D eigenvalue weighted by Gasteiger charge is 2.14. The Balaban J connectivity index is 1.89. The molecule has 0 fully saturated rings. The molecular weight excluding hydrogens is 232 g/mol. The molecule has 3 rings (SSSR count). The zero-order valence-corrected chi connectivity index (χ0v) is 11.6. The molecule has 1 heterocycles. The average Bonchev–Trinajstić information content (AvgIpc) is 2.82. The van der Waals surface area contributed by atoms with E-state index in [0.717, 1.165) is 13.0 Å². The van der Waals surface area contributed by atoms with Gasteiger partial charge in [0.1, 0.15) is 0 Å². The quantitative estimate of drug-likeness (QED) is 0.801. The Hall–Kier alpha value is -1.54. The van der Waals surface area contributed by atoms with Crippen LogP contribution in [0.3, 0.4) is 0 Å². The standard InChI is InChI=1S/C17H22N2/c1-18-11-5-4-6-13-9-10-17-15(12-13)14-7-2-3-8-16(14)19-17/h4,6,9-10,12,18-19H,2-3,5,7-8,11H2,1H3. The van der Waals surface area contributed by atoms with Crippen molar-refractivity contribution in [2.75, 3.05) is 13.6 Å². The van der Waals surface area contributed by atoms with Gasteiger partial charge in [-0.15, -0.1) is 0 Å². The van der Waals surface area contributed by atoms with E-state index in [0.29, 0.717) is 0 Å². The Bertz CT molecular complexity index is 593. The minimum Gasteiger partial charge on any atom is -0.358 e. The number of aryl methyl sites for hydroxylation is 2. The van der Waals surface area contributed by atoms with Crippen molar-refractivity contribution in [2.24, 2.45) is 0 Å². The first-order valence-electron chi connectivity index (χ1n) is 7.33. The molecule has 2 heteroatoms. The van der Waals surface area contributed by atoms with Gasteiger partial charge in [-0.25, -0.2) is 0 Å². The smallest absolute Gasteiger partial charge is 0.0459 e. The minimum atomic E-state index is 1.04. The molecule has 1 aromatic carbocycles. The van der Waals surface area contributed by atoms with Crippen LogP contribution in [0.25, 0.3) is 17.0 Å². The summed E-state index contributed by atoms with van der Waals surface area (Å²) in [4.78, 5) is 3.59. The van der Waals surface area contributed by atoms with Gasteiger partial charge in [-0.05, 0) is 69.0 Å². The van der Waals surface area contributed by atoms with Gasteiger partial charge in [-0.2, -0.15) is 0 Å². The number of nitrogens with one attached hydrogen (secondary N) is 2. The van der Waals surface area contributed by atoms with Gasteiger partial charge in [-0.3, -0.25) is 0 Å². The molecule has 1 aliphatic carbocycles.